The molecule has 0 amide bonds. The molecule has 0 saturated carbocycles. The summed E-state index contributed by atoms with van der Waals surface area (Å²) in [4.78, 5) is 4.28. The first-order valence-electron chi connectivity index (χ1n) is 5.66. The fourth-order valence-corrected chi connectivity index (χ4v) is 1.85. The molecule has 0 radical (unpaired) electrons. The lowest BCUT2D eigenvalue weighted by Crippen LogP contribution is -2.11. The number of hydrogen-bond donors (Lipinski definition) is 1. The van der Waals surface area contributed by atoms with Crippen molar-refractivity contribution in [2.45, 2.75) is 18.9 Å². The number of hydrogen-bond acceptors (Lipinski definition) is 2. The van der Waals surface area contributed by atoms with Crippen LogP contribution in [-0.2, 0) is 6.42 Å². The van der Waals surface area contributed by atoms with E-state index in [1.165, 1.54) is 0 Å². The molecule has 0 bridgehead atoms. The van der Waals surface area contributed by atoms with Crippen LogP contribution >= 0.6 is 11.6 Å². The van der Waals surface area contributed by atoms with Crippen LogP contribution < -0.4 is 5.73 Å². The molecule has 2 nitrogen and oxygen atoms in total. The molecule has 88 valence electrons. The Morgan fingerprint density at radius 1 is 1.12 bits per heavy atom. The van der Waals surface area contributed by atoms with E-state index in [1.54, 1.807) is 0 Å². The lowest BCUT2D eigenvalue weighted by Gasteiger charge is -2.11. The van der Waals surface area contributed by atoms with Gasteiger partial charge in [-0.3, -0.25) is 4.98 Å². The summed E-state index contributed by atoms with van der Waals surface area (Å²) >= 11 is 5.84. The summed E-state index contributed by atoms with van der Waals surface area (Å²) in [6, 6.07) is 13.7. The molecule has 1 aromatic carbocycles. The number of benzene rings is 1. The average molecular weight is 247 g/mol. The zero-order chi connectivity index (χ0) is 12.1. The summed E-state index contributed by atoms with van der Waals surface area (Å²) in [7, 11) is 0. The molecule has 3 heteroatoms. The highest BCUT2D eigenvalue weighted by atomic mass is 35.5. The lowest BCUT2D eigenvalue weighted by atomic mass is 10.0. The van der Waals surface area contributed by atoms with E-state index in [-0.39, 0.29) is 6.04 Å². The predicted octanol–water partition coefficient (Wildman–Crippen LogP) is 3.37. The van der Waals surface area contributed by atoms with Crippen molar-refractivity contribution in [3.8, 4) is 0 Å². The number of nitrogens with zero attached hydrogens (tertiary/aromatic N) is 1. The smallest absolute Gasteiger partial charge is 0.0406 e. The van der Waals surface area contributed by atoms with Crippen LogP contribution in [0.25, 0.3) is 0 Å². The largest absolute Gasteiger partial charge is 0.324 e. The van der Waals surface area contributed by atoms with Crippen molar-refractivity contribution in [1.82, 2.24) is 4.98 Å². The monoisotopic (exact) mass is 246 g/mol. The van der Waals surface area contributed by atoms with Crippen molar-refractivity contribution in [1.29, 1.82) is 0 Å². The fraction of sp³-hybridized carbons (Fsp3) is 0.214. The highest BCUT2D eigenvalue weighted by molar-refractivity contribution is 6.30. The van der Waals surface area contributed by atoms with Crippen LogP contribution in [0.1, 0.15) is 23.7 Å². The topological polar surface area (TPSA) is 38.9 Å². The first-order chi connectivity index (χ1) is 8.25. The molecule has 2 rings (SSSR count). The standard InChI is InChI=1S/C14H15ClN2/c15-12-6-4-11(5-7-12)14(16)9-8-13-3-1-2-10-17-13/h1-7,10,14H,8-9,16H2. The molecule has 0 fully saturated rings. The second-order valence-corrected chi connectivity index (χ2v) is 4.45. The molecule has 2 N–H and O–H groups in total. The van der Waals surface area contributed by atoms with Gasteiger partial charge in [0.05, 0.1) is 0 Å². The van der Waals surface area contributed by atoms with E-state index in [4.69, 9.17) is 17.3 Å². The molecule has 1 atom stereocenters. The molecular formula is C14H15ClN2. The maximum atomic E-state index is 6.12. The van der Waals surface area contributed by atoms with E-state index in [0.29, 0.717) is 0 Å². The lowest BCUT2D eigenvalue weighted by molar-refractivity contribution is 0.644. The minimum absolute atomic E-state index is 0.0364. The minimum Gasteiger partial charge on any atom is -0.324 e. The zero-order valence-electron chi connectivity index (χ0n) is 9.51. The average Bonchev–Trinajstić information content (AvgIpc) is 2.38. The van der Waals surface area contributed by atoms with Crippen LogP contribution in [0.3, 0.4) is 0 Å². The van der Waals surface area contributed by atoms with Gasteiger partial charge in [0.15, 0.2) is 0 Å². The number of aryl methyl sites for hydroxylation is 1. The van der Waals surface area contributed by atoms with Crippen molar-refractivity contribution in [3.05, 3.63) is 64.9 Å². The molecule has 0 aliphatic heterocycles. The third-order valence-electron chi connectivity index (χ3n) is 2.74. The van der Waals surface area contributed by atoms with E-state index in [2.05, 4.69) is 4.98 Å². The molecular weight excluding hydrogens is 232 g/mol. The molecule has 0 aliphatic rings. The maximum absolute atomic E-state index is 6.12. The van der Waals surface area contributed by atoms with Crippen molar-refractivity contribution in [3.63, 3.8) is 0 Å². The van der Waals surface area contributed by atoms with E-state index < -0.39 is 0 Å². The van der Waals surface area contributed by atoms with Gasteiger partial charge >= 0.3 is 0 Å². The van der Waals surface area contributed by atoms with Gasteiger partial charge in [0.1, 0.15) is 0 Å². The molecule has 2 aromatic rings. The predicted molar refractivity (Wildman–Crippen MR) is 70.9 cm³/mol. The van der Waals surface area contributed by atoms with Gasteiger partial charge in [-0.1, -0.05) is 29.8 Å². The van der Waals surface area contributed by atoms with Crippen molar-refractivity contribution in [2.75, 3.05) is 0 Å². The SMILES string of the molecule is NC(CCc1ccccn1)c1ccc(Cl)cc1. The van der Waals surface area contributed by atoms with Crippen LogP contribution in [-0.4, -0.2) is 4.98 Å². The van der Waals surface area contributed by atoms with Gasteiger partial charge in [0.25, 0.3) is 0 Å². The van der Waals surface area contributed by atoms with Crippen molar-refractivity contribution < 1.29 is 0 Å². The van der Waals surface area contributed by atoms with Crippen LogP contribution in [0.5, 0.6) is 0 Å². The summed E-state index contributed by atoms with van der Waals surface area (Å²) in [5.41, 5.74) is 8.32. The summed E-state index contributed by atoms with van der Waals surface area (Å²) in [5.74, 6) is 0. The van der Waals surface area contributed by atoms with Gasteiger partial charge in [0, 0.05) is 23.0 Å². The van der Waals surface area contributed by atoms with E-state index >= 15 is 0 Å². The molecule has 0 spiro atoms. The van der Waals surface area contributed by atoms with Gasteiger partial charge in [-0.05, 0) is 42.7 Å². The Labute approximate surface area is 106 Å². The molecule has 17 heavy (non-hydrogen) atoms. The van der Waals surface area contributed by atoms with Gasteiger partial charge in [-0.25, -0.2) is 0 Å². The summed E-state index contributed by atoms with van der Waals surface area (Å²) in [5, 5.41) is 0.741. The zero-order valence-corrected chi connectivity index (χ0v) is 10.3. The Bertz CT molecular complexity index is 453. The van der Waals surface area contributed by atoms with E-state index in [9.17, 15) is 0 Å². The quantitative estimate of drug-likeness (QED) is 0.898. The molecule has 1 aromatic heterocycles. The normalized spacial score (nSPS) is 12.4. The second-order valence-electron chi connectivity index (χ2n) is 4.02. The number of pyridine rings is 1. The van der Waals surface area contributed by atoms with E-state index in [0.717, 1.165) is 29.1 Å². The number of aromatic nitrogens is 1. The van der Waals surface area contributed by atoms with Crippen molar-refractivity contribution in [2.24, 2.45) is 5.73 Å². The van der Waals surface area contributed by atoms with E-state index in [1.807, 2.05) is 48.7 Å². The third-order valence-corrected chi connectivity index (χ3v) is 2.99. The first kappa shape index (κ1) is 12.1. The van der Waals surface area contributed by atoms with Crippen LogP contribution in [0.15, 0.2) is 48.7 Å². The Balaban J connectivity index is 1.93. The van der Waals surface area contributed by atoms with Crippen LogP contribution in [0.4, 0.5) is 0 Å². The number of rotatable bonds is 4. The Morgan fingerprint density at radius 2 is 1.88 bits per heavy atom. The van der Waals surface area contributed by atoms with Gasteiger partial charge in [-0.15, -0.1) is 0 Å². The number of nitrogens with two attached hydrogens (primary N) is 1. The highest BCUT2D eigenvalue weighted by Crippen LogP contribution is 2.18. The molecule has 0 aliphatic carbocycles. The number of halogens is 1. The van der Waals surface area contributed by atoms with Crippen LogP contribution in [0, 0.1) is 0 Å². The van der Waals surface area contributed by atoms with Gasteiger partial charge < -0.3 is 5.73 Å². The van der Waals surface area contributed by atoms with Crippen molar-refractivity contribution >= 4 is 11.6 Å². The first-order valence-corrected chi connectivity index (χ1v) is 6.04. The maximum Gasteiger partial charge on any atom is 0.0406 e. The highest BCUT2D eigenvalue weighted by Gasteiger charge is 2.06. The Morgan fingerprint density at radius 3 is 2.53 bits per heavy atom. The summed E-state index contributed by atoms with van der Waals surface area (Å²) in [6.07, 6.45) is 3.59. The van der Waals surface area contributed by atoms with Gasteiger partial charge in [0.2, 0.25) is 0 Å². The van der Waals surface area contributed by atoms with Crippen LogP contribution in [0.2, 0.25) is 5.02 Å². The third kappa shape index (κ3) is 3.55. The fourth-order valence-electron chi connectivity index (χ4n) is 1.73. The molecule has 0 saturated heterocycles. The molecule has 1 unspecified atom stereocenters. The minimum atomic E-state index is 0.0364. The Kier molecular flexibility index (Phi) is 4.13. The molecule has 1 heterocycles. The summed E-state index contributed by atoms with van der Waals surface area (Å²) in [6.45, 7) is 0. The second kappa shape index (κ2) is 5.80. The summed E-state index contributed by atoms with van der Waals surface area (Å²) < 4.78 is 0. The Hall–Kier alpha value is -1.38. The van der Waals surface area contributed by atoms with Gasteiger partial charge in [-0.2, -0.15) is 0 Å².